The topological polar surface area (TPSA) is 3.24 Å². The van der Waals surface area contributed by atoms with Gasteiger partial charge in [-0.25, -0.2) is 0 Å². The van der Waals surface area contributed by atoms with Crippen molar-refractivity contribution in [1.82, 2.24) is 4.90 Å². The van der Waals surface area contributed by atoms with Crippen molar-refractivity contribution in [3.63, 3.8) is 0 Å². The van der Waals surface area contributed by atoms with E-state index in [9.17, 15) is 0 Å². The molecule has 0 rings (SSSR count). The highest BCUT2D eigenvalue weighted by molar-refractivity contribution is 4.76. The second-order valence-corrected chi connectivity index (χ2v) is 6.82. The molecule has 0 atom stereocenters. The van der Waals surface area contributed by atoms with Gasteiger partial charge >= 0.3 is 0 Å². The molecule has 0 saturated carbocycles. The van der Waals surface area contributed by atoms with E-state index in [0.29, 0.717) is 11.0 Å². The van der Waals surface area contributed by atoms with Crippen LogP contribution < -0.4 is 0 Å². The van der Waals surface area contributed by atoms with Crippen LogP contribution in [0, 0.1) is 5.41 Å². The maximum Gasteiger partial charge on any atom is 0.0125 e. The van der Waals surface area contributed by atoms with Crippen molar-refractivity contribution in [3.8, 4) is 0 Å². The summed E-state index contributed by atoms with van der Waals surface area (Å²) in [4.78, 5) is 2.61. The largest absolute Gasteiger partial charge is 0.298 e. The molecule has 0 unspecified atom stereocenters. The Labute approximate surface area is 97.2 Å². The maximum atomic E-state index is 2.61. The third-order valence-electron chi connectivity index (χ3n) is 2.80. The zero-order valence-electron chi connectivity index (χ0n) is 12.0. The third-order valence-corrected chi connectivity index (χ3v) is 2.80. The first kappa shape index (κ1) is 15.0. The average molecular weight is 213 g/mol. The standard InChI is InChI=1S/C14H31N/c1-8-11-15(14(5,6)7)12-9-10-13(2,3)4/h8-12H2,1-7H3. The fraction of sp³-hybridized carbons (Fsp3) is 1.00. The van der Waals surface area contributed by atoms with Gasteiger partial charge in [0.25, 0.3) is 0 Å². The molecule has 0 N–H and O–H groups in total. The molecule has 1 nitrogen and oxygen atoms in total. The van der Waals surface area contributed by atoms with E-state index in [2.05, 4.69) is 53.4 Å². The van der Waals surface area contributed by atoms with Crippen LogP contribution in [0.3, 0.4) is 0 Å². The van der Waals surface area contributed by atoms with Crippen molar-refractivity contribution < 1.29 is 0 Å². The van der Waals surface area contributed by atoms with Crippen LogP contribution in [0.2, 0.25) is 0 Å². The van der Waals surface area contributed by atoms with E-state index in [1.54, 1.807) is 0 Å². The molecule has 0 aromatic rings. The predicted octanol–water partition coefficient (Wildman–Crippen LogP) is 4.32. The van der Waals surface area contributed by atoms with E-state index in [1.807, 2.05) is 0 Å². The molecule has 0 spiro atoms. The van der Waals surface area contributed by atoms with E-state index in [0.717, 1.165) is 0 Å². The van der Waals surface area contributed by atoms with Crippen molar-refractivity contribution in [2.24, 2.45) is 5.41 Å². The summed E-state index contributed by atoms with van der Waals surface area (Å²) in [6, 6.07) is 0. The number of hydrogen-bond acceptors (Lipinski definition) is 1. The highest BCUT2D eigenvalue weighted by Crippen LogP contribution is 2.22. The second-order valence-electron chi connectivity index (χ2n) is 6.82. The lowest BCUT2D eigenvalue weighted by Crippen LogP contribution is -2.42. The minimum Gasteiger partial charge on any atom is -0.298 e. The maximum absolute atomic E-state index is 2.61. The third kappa shape index (κ3) is 7.84. The van der Waals surface area contributed by atoms with Crippen LogP contribution in [0.5, 0.6) is 0 Å². The molecule has 0 aromatic heterocycles. The molecule has 15 heavy (non-hydrogen) atoms. The monoisotopic (exact) mass is 213 g/mol. The van der Waals surface area contributed by atoms with Gasteiger partial charge in [0.2, 0.25) is 0 Å². The number of nitrogens with zero attached hydrogens (tertiary/aromatic N) is 1. The van der Waals surface area contributed by atoms with E-state index >= 15 is 0 Å². The minimum atomic E-state index is 0.327. The Kier molecular flexibility index (Phi) is 5.87. The van der Waals surface area contributed by atoms with Crippen LogP contribution in [0.4, 0.5) is 0 Å². The lowest BCUT2D eigenvalue weighted by molar-refractivity contribution is 0.128. The fourth-order valence-corrected chi connectivity index (χ4v) is 1.85. The molecule has 0 saturated heterocycles. The molecular weight excluding hydrogens is 182 g/mol. The molecular formula is C14H31N. The van der Waals surface area contributed by atoms with Crippen LogP contribution in [-0.2, 0) is 0 Å². The van der Waals surface area contributed by atoms with Crippen molar-refractivity contribution in [3.05, 3.63) is 0 Å². The SMILES string of the molecule is CCCN(CCCC(C)(C)C)C(C)(C)C. The van der Waals surface area contributed by atoms with Gasteiger partial charge in [-0.1, -0.05) is 27.7 Å². The molecule has 1 heteroatoms. The minimum absolute atomic E-state index is 0.327. The van der Waals surface area contributed by atoms with Crippen LogP contribution in [0.15, 0.2) is 0 Å². The van der Waals surface area contributed by atoms with Crippen LogP contribution >= 0.6 is 0 Å². The summed E-state index contributed by atoms with van der Waals surface area (Å²) in [7, 11) is 0. The summed E-state index contributed by atoms with van der Waals surface area (Å²) < 4.78 is 0. The van der Waals surface area contributed by atoms with Crippen LogP contribution in [0.1, 0.15) is 67.7 Å². The van der Waals surface area contributed by atoms with Gasteiger partial charge in [0.1, 0.15) is 0 Å². The molecule has 0 fully saturated rings. The highest BCUT2D eigenvalue weighted by Gasteiger charge is 2.20. The number of rotatable bonds is 5. The first-order valence-electron chi connectivity index (χ1n) is 6.42. The summed E-state index contributed by atoms with van der Waals surface area (Å²) in [6.45, 7) is 18.7. The van der Waals surface area contributed by atoms with Crippen LogP contribution in [0.25, 0.3) is 0 Å². The average Bonchev–Trinajstić information content (AvgIpc) is 1.98. The van der Waals surface area contributed by atoms with Crippen molar-refractivity contribution in [1.29, 1.82) is 0 Å². The van der Waals surface area contributed by atoms with E-state index in [-0.39, 0.29) is 0 Å². The fourth-order valence-electron chi connectivity index (χ4n) is 1.85. The summed E-state index contributed by atoms with van der Waals surface area (Å²) in [6.07, 6.45) is 3.90. The lowest BCUT2D eigenvalue weighted by atomic mass is 9.90. The predicted molar refractivity (Wildman–Crippen MR) is 70.3 cm³/mol. The van der Waals surface area contributed by atoms with Crippen molar-refractivity contribution in [2.75, 3.05) is 13.1 Å². The molecule has 0 aliphatic rings. The lowest BCUT2D eigenvalue weighted by Gasteiger charge is -2.36. The first-order chi connectivity index (χ1) is 6.67. The van der Waals surface area contributed by atoms with Gasteiger partial charge < -0.3 is 0 Å². The summed E-state index contributed by atoms with van der Waals surface area (Å²) >= 11 is 0. The quantitative estimate of drug-likeness (QED) is 0.657. The molecule has 0 aromatic carbocycles. The molecule has 0 amide bonds. The second kappa shape index (κ2) is 5.89. The Bertz CT molecular complexity index is 159. The van der Waals surface area contributed by atoms with Gasteiger partial charge in [0.05, 0.1) is 0 Å². The molecule has 0 bridgehead atoms. The summed E-state index contributed by atoms with van der Waals surface area (Å²) in [5.41, 5.74) is 0.809. The molecule has 0 heterocycles. The first-order valence-corrected chi connectivity index (χ1v) is 6.42. The summed E-state index contributed by atoms with van der Waals surface area (Å²) in [5.74, 6) is 0. The highest BCUT2D eigenvalue weighted by atomic mass is 15.2. The van der Waals surface area contributed by atoms with Gasteiger partial charge in [0, 0.05) is 5.54 Å². The van der Waals surface area contributed by atoms with Crippen molar-refractivity contribution in [2.45, 2.75) is 73.3 Å². The molecule has 0 aliphatic heterocycles. The Morgan fingerprint density at radius 3 is 1.73 bits per heavy atom. The Morgan fingerprint density at radius 1 is 0.867 bits per heavy atom. The van der Waals surface area contributed by atoms with Gasteiger partial charge in [-0.15, -0.1) is 0 Å². The van der Waals surface area contributed by atoms with E-state index in [4.69, 9.17) is 0 Å². The molecule has 0 aliphatic carbocycles. The van der Waals surface area contributed by atoms with Gasteiger partial charge in [-0.2, -0.15) is 0 Å². The number of hydrogen-bond donors (Lipinski definition) is 0. The molecule has 0 radical (unpaired) electrons. The van der Waals surface area contributed by atoms with E-state index in [1.165, 1.54) is 32.4 Å². The Balaban J connectivity index is 3.98. The van der Waals surface area contributed by atoms with E-state index < -0.39 is 0 Å². The van der Waals surface area contributed by atoms with Gasteiger partial charge in [0.15, 0.2) is 0 Å². The summed E-state index contributed by atoms with van der Waals surface area (Å²) in [5, 5.41) is 0. The Morgan fingerprint density at radius 2 is 1.40 bits per heavy atom. The normalized spacial score (nSPS) is 13.6. The molecule has 92 valence electrons. The van der Waals surface area contributed by atoms with Gasteiger partial charge in [-0.05, 0) is 58.5 Å². The zero-order valence-corrected chi connectivity index (χ0v) is 12.0. The van der Waals surface area contributed by atoms with Crippen molar-refractivity contribution >= 4 is 0 Å². The van der Waals surface area contributed by atoms with Crippen LogP contribution in [-0.4, -0.2) is 23.5 Å². The van der Waals surface area contributed by atoms with Gasteiger partial charge in [-0.3, -0.25) is 4.90 Å². The smallest absolute Gasteiger partial charge is 0.0125 e. The zero-order chi connectivity index (χ0) is 12.1. The Hall–Kier alpha value is -0.0400.